The van der Waals surface area contributed by atoms with Gasteiger partial charge in [0.15, 0.2) is 8.32 Å². The lowest BCUT2D eigenvalue weighted by atomic mass is 9.98. The molecule has 0 radical (unpaired) electrons. The third-order valence-corrected chi connectivity index (χ3v) is 10.7. The number of hydroxylamine groups is 2. The monoisotopic (exact) mass is 542 g/mol. The maximum Gasteiger partial charge on any atom is 0.435 e. The predicted molar refractivity (Wildman–Crippen MR) is 148 cm³/mol. The van der Waals surface area contributed by atoms with E-state index in [1.165, 1.54) is 5.06 Å². The zero-order valence-corrected chi connectivity index (χ0v) is 26.1. The van der Waals surface area contributed by atoms with Gasteiger partial charge in [-0.05, 0) is 65.2 Å². The first-order valence-corrected chi connectivity index (χ1v) is 15.7. The van der Waals surface area contributed by atoms with Crippen molar-refractivity contribution >= 4 is 20.5 Å². The molecule has 10 heteroatoms. The van der Waals surface area contributed by atoms with Crippen LogP contribution in [0, 0.1) is 0 Å². The second-order valence-electron chi connectivity index (χ2n) is 12.9. The summed E-state index contributed by atoms with van der Waals surface area (Å²) < 4.78 is 23.3. The molecule has 1 rings (SSSR count). The molecule has 2 amide bonds. The molecule has 0 saturated heterocycles. The van der Waals surface area contributed by atoms with Crippen molar-refractivity contribution in [1.82, 2.24) is 9.96 Å². The average molecular weight is 543 g/mol. The fourth-order valence-corrected chi connectivity index (χ4v) is 4.33. The quantitative estimate of drug-likeness (QED) is 0.203. The highest BCUT2D eigenvalue weighted by atomic mass is 28.4. The summed E-state index contributed by atoms with van der Waals surface area (Å²) in [5.74, 6) is 0. The van der Waals surface area contributed by atoms with Crippen LogP contribution in [0.15, 0.2) is 24.3 Å². The van der Waals surface area contributed by atoms with Gasteiger partial charge in [-0.3, -0.25) is 9.74 Å². The number of ether oxygens (including phenoxy) is 3. The third-order valence-electron chi connectivity index (χ3n) is 6.15. The van der Waals surface area contributed by atoms with Gasteiger partial charge in [0.1, 0.15) is 17.2 Å². The van der Waals surface area contributed by atoms with Crippen LogP contribution in [0.25, 0.3) is 0 Å². The first-order valence-electron chi connectivity index (χ1n) is 12.8. The highest BCUT2D eigenvalue weighted by Gasteiger charge is 2.43. The molecular formula is C27H50N2O7Si. The van der Waals surface area contributed by atoms with Crippen molar-refractivity contribution in [2.75, 3.05) is 33.5 Å². The summed E-state index contributed by atoms with van der Waals surface area (Å²) in [5.41, 5.74) is -0.657. The minimum Gasteiger partial charge on any atom is -0.444 e. The Bertz CT molecular complexity index is 822. The second kappa shape index (κ2) is 12.8. The zero-order chi connectivity index (χ0) is 28.8. The third kappa shape index (κ3) is 10.4. The number of nitrogens with zero attached hydrogens (tertiary/aromatic N) is 2. The van der Waals surface area contributed by atoms with E-state index in [-0.39, 0.29) is 24.8 Å². The van der Waals surface area contributed by atoms with Crippen LogP contribution in [0.3, 0.4) is 0 Å². The topological polar surface area (TPSA) is 86.8 Å². The largest absolute Gasteiger partial charge is 0.444 e. The van der Waals surface area contributed by atoms with Gasteiger partial charge in [0.2, 0.25) is 0 Å². The lowest BCUT2D eigenvalue weighted by molar-refractivity contribution is -0.161. The molecule has 0 fully saturated rings. The first kappa shape index (κ1) is 33.1. The van der Waals surface area contributed by atoms with Crippen LogP contribution in [-0.4, -0.2) is 87.2 Å². The first-order chi connectivity index (χ1) is 16.7. The summed E-state index contributed by atoms with van der Waals surface area (Å²) in [7, 11) is -0.516. The van der Waals surface area contributed by atoms with Gasteiger partial charge in [-0.15, -0.1) is 6.58 Å². The molecule has 0 aromatic carbocycles. The van der Waals surface area contributed by atoms with Crippen molar-refractivity contribution in [2.24, 2.45) is 0 Å². The number of carbonyl (C=O) groups is 2. The van der Waals surface area contributed by atoms with Crippen molar-refractivity contribution < 1.29 is 33.1 Å². The Hall–Kier alpha value is -1.88. The molecule has 214 valence electrons. The lowest BCUT2D eigenvalue weighted by Gasteiger charge is -2.44. The Balaban J connectivity index is 3.50. The zero-order valence-electron chi connectivity index (χ0n) is 25.1. The minimum absolute atomic E-state index is 0.00602. The Morgan fingerprint density at radius 1 is 1.08 bits per heavy atom. The lowest BCUT2D eigenvalue weighted by Crippen LogP contribution is -2.58. The smallest absolute Gasteiger partial charge is 0.435 e. The van der Waals surface area contributed by atoms with Gasteiger partial charge in [-0.1, -0.05) is 32.9 Å². The molecule has 0 bridgehead atoms. The Morgan fingerprint density at radius 3 is 2.11 bits per heavy atom. The maximum atomic E-state index is 13.4. The van der Waals surface area contributed by atoms with E-state index in [1.807, 2.05) is 26.8 Å². The molecule has 0 N–H and O–H groups in total. The summed E-state index contributed by atoms with van der Waals surface area (Å²) in [6.45, 7) is 26.1. The van der Waals surface area contributed by atoms with Gasteiger partial charge in [0, 0.05) is 7.11 Å². The number of hydrogen-bond donors (Lipinski definition) is 0. The van der Waals surface area contributed by atoms with Crippen LogP contribution in [-0.2, 0) is 23.5 Å². The SMILES string of the molecule is C=CCON(C(=O)OC(C)(C)C)[C@H]1CN(C(=O)OC(C)(C)C)[C@H](CO[Si](C)(C)C(C)(C)C)C=C1COC. The molecule has 9 nitrogen and oxygen atoms in total. The van der Waals surface area contributed by atoms with Gasteiger partial charge < -0.3 is 18.6 Å². The molecule has 0 aromatic rings. The fourth-order valence-electron chi connectivity index (χ4n) is 3.31. The van der Waals surface area contributed by atoms with E-state index < -0.39 is 43.8 Å². The second-order valence-corrected chi connectivity index (χ2v) is 17.7. The van der Waals surface area contributed by atoms with Gasteiger partial charge in [-0.2, -0.15) is 5.06 Å². The van der Waals surface area contributed by atoms with E-state index in [9.17, 15) is 9.59 Å². The Morgan fingerprint density at radius 2 is 1.65 bits per heavy atom. The van der Waals surface area contributed by atoms with E-state index in [0.29, 0.717) is 6.61 Å². The normalized spacial score (nSPS) is 19.2. The molecule has 1 aliphatic heterocycles. The van der Waals surface area contributed by atoms with E-state index in [0.717, 1.165) is 5.57 Å². The highest BCUT2D eigenvalue weighted by Crippen LogP contribution is 2.37. The van der Waals surface area contributed by atoms with E-state index in [4.69, 9.17) is 23.5 Å². The molecule has 1 heterocycles. The summed E-state index contributed by atoms with van der Waals surface area (Å²) in [4.78, 5) is 34.0. The molecule has 0 spiro atoms. The standard InChI is InChI=1S/C27H50N2O7Si/c1-14-15-33-29(24(31)36-26(5,6)7)22-17-28(23(30)35-25(2,3)4)21(16-20(22)18-32-11)19-34-37(12,13)27(8,9)10/h14,16,21-22H,1,15,17-19H2,2-13H3/t21-,22-/m0/s1. The molecular weight excluding hydrogens is 492 g/mol. The minimum atomic E-state index is -2.10. The van der Waals surface area contributed by atoms with Crippen LogP contribution < -0.4 is 0 Å². The fraction of sp³-hybridized carbons (Fsp3) is 0.778. The number of rotatable bonds is 9. The van der Waals surface area contributed by atoms with Gasteiger partial charge in [0.05, 0.1) is 32.4 Å². The molecule has 0 aliphatic carbocycles. The molecule has 37 heavy (non-hydrogen) atoms. The van der Waals surface area contributed by atoms with Crippen molar-refractivity contribution in [3.63, 3.8) is 0 Å². The highest BCUT2D eigenvalue weighted by molar-refractivity contribution is 6.74. The number of amides is 2. The van der Waals surface area contributed by atoms with E-state index in [2.05, 4.69) is 40.4 Å². The Labute approximate surface area is 225 Å². The number of hydrogen-bond acceptors (Lipinski definition) is 7. The van der Waals surface area contributed by atoms with Crippen LogP contribution in [0.2, 0.25) is 18.1 Å². The molecule has 1 aliphatic rings. The molecule has 0 aromatic heterocycles. The summed E-state index contributed by atoms with van der Waals surface area (Å²) >= 11 is 0. The van der Waals surface area contributed by atoms with Gasteiger partial charge >= 0.3 is 12.2 Å². The molecule has 2 atom stereocenters. The summed E-state index contributed by atoms with van der Waals surface area (Å²) in [6.07, 6.45) is 2.30. The van der Waals surface area contributed by atoms with Crippen LogP contribution in [0.1, 0.15) is 62.3 Å². The van der Waals surface area contributed by atoms with Crippen LogP contribution >= 0.6 is 0 Å². The van der Waals surface area contributed by atoms with E-state index >= 15 is 0 Å². The predicted octanol–water partition coefficient (Wildman–Crippen LogP) is 5.92. The van der Waals surface area contributed by atoms with Crippen LogP contribution in [0.4, 0.5) is 9.59 Å². The van der Waals surface area contributed by atoms with Crippen molar-refractivity contribution in [2.45, 2.75) is 104 Å². The van der Waals surface area contributed by atoms with Crippen molar-refractivity contribution in [3.05, 3.63) is 24.3 Å². The van der Waals surface area contributed by atoms with Crippen molar-refractivity contribution in [3.8, 4) is 0 Å². The summed E-state index contributed by atoms with van der Waals surface area (Å²) in [5, 5.41) is 1.17. The average Bonchev–Trinajstić information content (AvgIpc) is 2.70. The van der Waals surface area contributed by atoms with E-state index in [1.54, 1.807) is 38.9 Å². The number of carbonyl (C=O) groups excluding carboxylic acids is 2. The Kier molecular flexibility index (Phi) is 11.4. The van der Waals surface area contributed by atoms with Gasteiger partial charge in [0.25, 0.3) is 0 Å². The van der Waals surface area contributed by atoms with Crippen LogP contribution in [0.5, 0.6) is 0 Å². The summed E-state index contributed by atoms with van der Waals surface area (Å²) in [6, 6.07) is -1.07. The number of methoxy groups -OCH3 is 1. The van der Waals surface area contributed by atoms with Crippen molar-refractivity contribution in [1.29, 1.82) is 0 Å². The molecule has 0 unspecified atom stereocenters. The maximum absolute atomic E-state index is 13.4. The van der Waals surface area contributed by atoms with Gasteiger partial charge in [-0.25, -0.2) is 9.59 Å². The molecule has 0 saturated carbocycles.